The molecule has 0 saturated heterocycles. The van der Waals surface area contributed by atoms with E-state index in [0.717, 1.165) is 17.8 Å². The molecule has 1 aromatic rings. The van der Waals surface area contributed by atoms with Crippen LogP contribution in [0, 0.1) is 5.82 Å². The Morgan fingerprint density at radius 3 is 2.55 bits per heavy atom. The molecular formula is C12H18FN2O3PS. The van der Waals surface area contributed by atoms with Crippen molar-refractivity contribution in [1.82, 2.24) is 5.09 Å². The molecule has 1 rings (SSSR count). The van der Waals surface area contributed by atoms with Crippen molar-refractivity contribution in [2.75, 3.05) is 17.7 Å². The number of halogens is 1. The Morgan fingerprint density at radius 1 is 1.35 bits per heavy atom. The highest BCUT2D eigenvalue weighted by molar-refractivity contribution is 8.56. The van der Waals surface area contributed by atoms with Gasteiger partial charge in [-0.25, -0.2) is 9.18 Å². The van der Waals surface area contributed by atoms with E-state index in [1.165, 1.54) is 24.3 Å². The van der Waals surface area contributed by atoms with Gasteiger partial charge in [0.15, 0.2) is 0 Å². The number of carbonyl (C=O) groups excluding carboxylic acids is 1. The number of hydrogen-bond acceptors (Lipinski definition) is 4. The van der Waals surface area contributed by atoms with Crippen LogP contribution < -0.4 is 10.4 Å². The van der Waals surface area contributed by atoms with Crippen molar-refractivity contribution < 1.29 is 18.3 Å². The lowest BCUT2D eigenvalue weighted by atomic mass is 10.3. The van der Waals surface area contributed by atoms with Gasteiger partial charge in [0.05, 0.1) is 6.61 Å². The summed E-state index contributed by atoms with van der Waals surface area (Å²) < 4.78 is 30.2. The normalized spacial score (nSPS) is 13.6. The molecule has 20 heavy (non-hydrogen) atoms. The van der Waals surface area contributed by atoms with Gasteiger partial charge < -0.3 is 9.84 Å². The standard InChI is InChI=1S/C12H18FN2O3PS/c1-3-9-20-19(17,18-4-2)15-12(16)14-11-7-5-10(13)6-8-11/h5-8H,3-4,9H2,1-2H3,(H2,14,15,16,17). The third-order valence-electron chi connectivity index (χ3n) is 2.10. The lowest BCUT2D eigenvalue weighted by Crippen LogP contribution is -2.26. The third-order valence-corrected chi connectivity index (χ3v) is 6.27. The Bertz CT molecular complexity index is 484. The van der Waals surface area contributed by atoms with E-state index < -0.39 is 18.6 Å². The maximum atomic E-state index is 12.7. The molecule has 0 aromatic heterocycles. The minimum Gasteiger partial charge on any atom is -0.308 e. The largest absolute Gasteiger partial charge is 0.354 e. The van der Waals surface area contributed by atoms with Gasteiger partial charge >= 0.3 is 12.8 Å². The molecule has 1 aromatic carbocycles. The Morgan fingerprint density at radius 2 is 2.00 bits per heavy atom. The van der Waals surface area contributed by atoms with Gasteiger partial charge in [-0.3, -0.25) is 9.65 Å². The lowest BCUT2D eigenvalue weighted by molar-refractivity contribution is 0.254. The molecule has 2 N–H and O–H groups in total. The summed E-state index contributed by atoms with van der Waals surface area (Å²) in [4.78, 5) is 11.8. The molecule has 0 fully saturated rings. The Labute approximate surface area is 121 Å². The molecule has 0 aliphatic carbocycles. The van der Waals surface area contributed by atoms with Gasteiger partial charge in [-0.05, 0) is 49.0 Å². The number of carbonyl (C=O) groups is 1. The third kappa shape index (κ3) is 5.94. The summed E-state index contributed by atoms with van der Waals surface area (Å²) in [7, 11) is 0. The predicted octanol–water partition coefficient (Wildman–Crippen LogP) is 4.24. The van der Waals surface area contributed by atoms with Gasteiger partial charge in [0.25, 0.3) is 0 Å². The number of hydrogen-bond donors (Lipinski definition) is 2. The summed E-state index contributed by atoms with van der Waals surface area (Å²) in [5.74, 6) is 0.225. The number of urea groups is 1. The second kappa shape index (κ2) is 8.29. The zero-order valence-electron chi connectivity index (χ0n) is 11.4. The molecule has 0 spiro atoms. The Kier molecular flexibility index (Phi) is 7.05. The predicted molar refractivity (Wildman–Crippen MR) is 80.5 cm³/mol. The number of nitrogens with one attached hydrogen (secondary N) is 2. The first-order chi connectivity index (χ1) is 9.49. The van der Waals surface area contributed by atoms with Crippen molar-refractivity contribution in [1.29, 1.82) is 0 Å². The van der Waals surface area contributed by atoms with Gasteiger partial charge in [0.2, 0.25) is 0 Å². The van der Waals surface area contributed by atoms with E-state index in [0.29, 0.717) is 11.4 Å². The molecular weight excluding hydrogens is 302 g/mol. The molecule has 0 saturated carbocycles. The van der Waals surface area contributed by atoms with Gasteiger partial charge in [-0.15, -0.1) is 0 Å². The fraction of sp³-hybridized carbons (Fsp3) is 0.417. The molecule has 1 atom stereocenters. The molecule has 5 nitrogen and oxygen atoms in total. The van der Waals surface area contributed by atoms with Gasteiger partial charge in [-0.2, -0.15) is 0 Å². The van der Waals surface area contributed by atoms with Crippen LogP contribution in [0.2, 0.25) is 0 Å². The van der Waals surface area contributed by atoms with Crippen molar-refractivity contribution in [3.63, 3.8) is 0 Å². The summed E-state index contributed by atoms with van der Waals surface area (Å²) in [5.41, 5.74) is 0.410. The molecule has 0 bridgehead atoms. The average Bonchev–Trinajstić information content (AvgIpc) is 2.39. The zero-order chi connectivity index (χ0) is 15.0. The summed E-state index contributed by atoms with van der Waals surface area (Å²) in [6, 6.07) is 4.64. The van der Waals surface area contributed by atoms with Gasteiger partial charge in [-0.1, -0.05) is 6.92 Å². The van der Waals surface area contributed by atoms with E-state index in [1.807, 2.05) is 6.92 Å². The quantitative estimate of drug-likeness (QED) is 0.738. The summed E-state index contributed by atoms with van der Waals surface area (Å²) in [6.07, 6.45) is 0.822. The second-order valence-corrected chi connectivity index (χ2v) is 8.18. The van der Waals surface area contributed by atoms with E-state index in [9.17, 15) is 13.8 Å². The van der Waals surface area contributed by atoms with Crippen LogP contribution in [-0.4, -0.2) is 18.4 Å². The van der Waals surface area contributed by atoms with Crippen LogP contribution in [0.25, 0.3) is 0 Å². The lowest BCUT2D eigenvalue weighted by Gasteiger charge is -2.18. The van der Waals surface area contributed by atoms with Crippen LogP contribution in [-0.2, 0) is 9.09 Å². The Balaban J connectivity index is 2.61. The SMILES string of the molecule is CCCSP(=O)(NC(=O)Nc1ccc(F)cc1)OCC. The smallest absolute Gasteiger partial charge is 0.308 e. The van der Waals surface area contributed by atoms with Crippen molar-refractivity contribution in [2.45, 2.75) is 20.3 Å². The van der Waals surface area contributed by atoms with E-state index in [-0.39, 0.29) is 6.61 Å². The van der Waals surface area contributed by atoms with E-state index >= 15 is 0 Å². The molecule has 0 aliphatic heterocycles. The number of amides is 2. The van der Waals surface area contributed by atoms with Crippen LogP contribution in [0.3, 0.4) is 0 Å². The topological polar surface area (TPSA) is 67.4 Å². The van der Waals surface area contributed by atoms with Crippen LogP contribution >= 0.6 is 18.1 Å². The van der Waals surface area contributed by atoms with E-state index in [2.05, 4.69) is 10.4 Å². The fourth-order valence-electron chi connectivity index (χ4n) is 1.30. The molecule has 0 radical (unpaired) electrons. The minimum absolute atomic E-state index is 0.241. The molecule has 0 heterocycles. The monoisotopic (exact) mass is 320 g/mol. The summed E-state index contributed by atoms with van der Waals surface area (Å²) >= 11 is 1.09. The zero-order valence-corrected chi connectivity index (χ0v) is 13.1. The van der Waals surface area contributed by atoms with Gasteiger partial charge in [0, 0.05) is 11.4 Å². The fourth-order valence-corrected chi connectivity index (χ4v) is 4.82. The molecule has 0 aliphatic rings. The first-order valence-corrected chi connectivity index (χ1v) is 9.44. The molecule has 2 amide bonds. The maximum absolute atomic E-state index is 12.7. The first-order valence-electron chi connectivity index (χ1n) is 6.23. The summed E-state index contributed by atoms with van der Waals surface area (Å²) in [6.45, 7) is 0.636. The van der Waals surface area contributed by atoms with Crippen LogP contribution in [0.15, 0.2) is 24.3 Å². The Hall–Kier alpha value is -1.04. The highest BCUT2D eigenvalue weighted by Crippen LogP contribution is 2.55. The van der Waals surface area contributed by atoms with Crippen molar-refractivity contribution in [3.05, 3.63) is 30.1 Å². The van der Waals surface area contributed by atoms with Crippen molar-refractivity contribution >= 4 is 29.8 Å². The highest BCUT2D eigenvalue weighted by Gasteiger charge is 2.25. The maximum Gasteiger partial charge on any atom is 0.354 e. The van der Waals surface area contributed by atoms with E-state index in [4.69, 9.17) is 4.52 Å². The summed E-state index contributed by atoms with van der Waals surface area (Å²) in [5, 5.41) is 4.82. The number of benzene rings is 1. The second-order valence-electron chi connectivity index (χ2n) is 3.82. The van der Waals surface area contributed by atoms with Gasteiger partial charge in [0.1, 0.15) is 5.82 Å². The highest BCUT2D eigenvalue weighted by atomic mass is 32.7. The van der Waals surface area contributed by atoms with Crippen LogP contribution in [0.4, 0.5) is 14.9 Å². The van der Waals surface area contributed by atoms with Crippen molar-refractivity contribution in [2.24, 2.45) is 0 Å². The average molecular weight is 320 g/mol. The van der Waals surface area contributed by atoms with Crippen LogP contribution in [0.1, 0.15) is 20.3 Å². The molecule has 8 heteroatoms. The first kappa shape index (κ1) is 17.0. The number of rotatable bonds is 7. The van der Waals surface area contributed by atoms with Crippen LogP contribution in [0.5, 0.6) is 0 Å². The molecule has 112 valence electrons. The van der Waals surface area contributed by atoms with E-state index in [1.54, 1.807) is 6.92 Å². The number of anilines is 1. The van der Waals surface area contributed by atoms with Crippen molar-refractivity contribution in [3.8, 4) is 0 Å². The minimum atomic E-state index is -3.26. The molecule has 1 unspecified atom stereocenters.